The van der Waals surface area contributed by atoms with Gasteiger partial charge in [-0.2, -0.15) is 0 Å². The smallest absolute Gasteiger partial charge is 0.412 e. The number of anilines is 1. The van der Waals surface area contributed by atoms with Crippen LogP contribution < -0.4 is 9.30 Å². The van der Waals surface area contributed by atoms with Crippen LogP contribution in [0.2, 0.25) is 0 Å². The Morgan fingerprint density at radius 1 is 1.00 bits per heavy atom. The number of hydrogen-bond donors (Lipinski definition) is 0. The molecule has 0 saturated heterocycles. The van der Waals surface area contributed by atoms with Gasteiger partial charge < -0.3 is 16.4 Å². The molecule has 0 aliphatic carbocycles. The van der Waals surface area contributed by atoms with Crippen LogP contribution >= 0.6 is 0 Å². The second-order valence-electron chi connectivity index (χ2n) is 4.10. The SMILES string of the molecule is CN(C(=O)c1ccc(C#N)cc1)c1cc[c]([Ge])cc1.O.O.O. The maximum absolute atomic E-state index is 12.3. The Kier molecular flexibility index (Phi) is 9.75. The van der Waals surface area contributed by atoms with Crippen LogP contribution in [0.25, 0.3) is 0 Å². The molecule has 6 N–H and O–H groups in total. The van der Waals surface area contributed by atoms with E-state index in [9.17, 15) is 4.79 Å². The van der Waals surface area contributed by atoms with Gasteiger partial charge in [-0.05, 0) is 0 Å². The summed E-state index contributed by atoms with van der Waals surface area (Å²) >= 11 is 2.01. The fourth-order valence-electron chi connectivity index (χ4n) is 1.68. The van der Waals surface area contributed by atoms with E-state index in [1.807, 2.05) is 46.8 Å². The first-order chi connectivity index (χ1) is 9.11. The first kappa shape index (κ1) is 22.1. The minimum absolute atomic E-state index is 0. The average molecular weight is 362 g/mol. The molecule has 22 heavy (non-hydrogen) atoms. The first-order valence-electron chi connectivity index (χ1n) is 5.71. The van der Waals surface area contributed by atoms with Gasteiger partial charge in [-0.3, -0.25) is 0 Å². The topological polar surface area (TPSA) is 139 Å². The molecule has 0 heterocycles. The molecule has 0 aliphatic heterocycles. The van der Waals surface area contributed by atoms with Crippen LogP contribution in [0.5, 0.6) is 0 Å². The van der Waals surface area contributed by atoms with Crippen molar-refractivity contribution in [1.82, 2.24) is 0 Å². The van der Waals surface area contributed by atoms with Gasteiger partial charge in [0.25, 0.3) is 0 Å². The molecule has 0 spiro atoms. The van der Waals surface area contributed by atoms with Crippen molar-refractivity contribution in [3.8, 4) is 6.07 Å². The van der Waals surface area contributed by atoms with Crippen LogP contribution in [0.4, 0.5) is 5.69 Å². The molecule has 0 bridgehead atoms. The van der Waals surface area contributed by atoms with Gasteiger partial charge in [0, 0.05) is 0 Å². The van der Waals surface area contributed by atoms with Crippen molar-refractivity contribution in [3.63, 3.8) is 0 Å². The summed E-state index contributed by atoms with van der Waals surface area (Å²) in [4.78, 5) is 13.9. The van der Waals surface area contributed by atoms with Crippen LogP contribution in [-0.2, 0) is 0 Å². The molecule has 2 rings (SSSR count). The third-order valence-electron chi connectivity index (χ3n) is 2.82. The van der Waals surface area contributed by atoms with Crippen molar-refractivity contribution in [2.24, 2.45) is 0 Å². The van der Waals surface area contributed by atoms with Crippen molar-refractivity contribution in [2.75, 3.05) is 11.9 Å². The molecule has 0 atom stereocenters. The molecule has 3 radical (unpaired) electrons. The van der Waals surface area contributed by atoms with E-state index in [0.717, 1.165) is 10.1 Å². The predicted molar refractivity (Wildman–Crippen MR) is 86.6 cm³/mol. The Labute approximate surface area is 137 Å². The molecule has 7 heteroatoms. The molecule has 0 aromatic heterocycles. The Balaban J connectivity index is 0. The maximum Gasteiger partial charge on any atom is -0.412 e. The van der Waals surface area contributed by atoms with E-state index in [1.54, 1.807) is 36.2 Å². The number of nitrogens with zero attached hydrogens (tertiary/aromatic N) is 2. The minimum atomic E-state index is -0.0895. The molecule has 2 aromatic rings. The van der Waals surface area contributed by atoms with Crippen LogP contribution in [0.3, 0.4) is 0 Å². The summed E-state index contributed by atoms with van der Waals surface area (Å²) in [5, 5.41) is 8.73. The Morgan fingerprint density at radius 3 is 1.95 bits per heavy atom. The summed E-state index contributed by atoms with van der Waals surface area (Å²) in [7, 11) is 1.74. The van der Waals surface area contributed by atoms with Gasteiger partial charge >= 0.3 is 120 Å². The van der Waals surface area contributed by atoms with E-state index in [2.05, 4.69) is 0 Å². The van der Waals surface area contributed by atoms with E-state index in [1.165, 1.54) is 0 Å². The number of hydrogen-bond acceptors (Lipinski definition) is 2. The largest absolute Gasteiger partial charge is 0.412 e. The number of carbonyl (C=O) groups is 1. The van der Waals surface area contributed by atoms with Crippen molar-refractivity contribution in [3.05, 3.63) is 59.7 Å². The number of benzene rings is 2. The number of nitriles is 1. The van der Waals surface area contributed by atoms with Crippen LogP contribution in [-0.4, -0.2) is 45.9 Å². The molecule has 0 unspecified atom stereocenters. The number of amides is 1. The second kappa shape index (κ2) is 9.70. The molecule has 6 nitrogen and oxygen atoms in total. The fourth-order valence-corrected chi connectivity index (χ4v) is 2.03. The third-order valence-corrected chi connectivity index (χ3v) is 3.52. The van der Waals surface area contributed by atoms with Gasteiger partial charge in [0.05, 0.1) is 0 Å². The van der Waals surface area contributed by atoms with Crippen molar-refractivity contribution in [2.45, 2.75) is 0 Å². The molecule has 2 aromatic carbocycles. The van der Waals surface area contributed by atoms with E-state index in [-0.39, 0.29) is 22.3 Å². The van der Waals surface area contributed by atoms with Crippen LogP contribution in [0, 0.1) is 11.3 Å². The summed E-state index contributed by atoms with van der Waals surface area (Å²) in [6.07, 6.45) is 0. The number of carbonyl (C=O) groups excluding carboxylic acids is 1. The Bertz CT molecular complexity index is 636. The van der Waals surface area contributed by atoms with Gasteiger partial charge in [-0.1, -0.05) is 0 Å². The third kappa shape index (κ3) is 4.98. The summed E-state index contributed by atoms with van der Waals surface area (Å²) < 4.78 is 1.16. The normalized spacial score (nSPS) is 8.41. The second-order valence-corrected chi connectivity index (χ2v) is 5.31. The van der Waals surface area contributed by atoms with Gasteiger partial charge in [0.2, 0.25) is 0 Å². The van der Waals surface area contributed by atoms with Crippen molar-refractivity contribution in [1.29, 1.82) is 5.26 Å². The number of rotatable bonds is 2. The predicted octanol–water partition coefficient (Wildman–Crippen LogP) is -0.845. The molecule has 0 fully saturated rings. The summed E-state index contributed by atoms with van der Waals surface area (Å²) in [6.45, 7) is 0. The summed E-state index contributed by atoms with van der Waals surface area (Å²) in [5.41, 5.74) is 1.97. The van der Waals surface area contributed by atoms with Gasteiger partial charge in [0.15, 0.2) is 0 Å². The summed E-state index contributed by atoms with van der Waals surface area (Å²) in [5.74, 6) is -0.0895. The minimum Gasteiger partial charge on any atom is -0.412 e. The quantitative estimate of drug-likeness (QED) is 0.643. The van der Waals surface area contributed by atoms with Crippen LogP contribution in [0.15, 0.2) is 48.5 Å². The monoisotopic (exact) mass is 363 g/mol. The average Bonchev–Trinajstić information content (AvgIpc) is 2.46. The van der Waals surface area contributed by atoms with Gasteiger partial charge in [0.1, 0.15) is 0 Å². The van der Waals surface area contributed by atoms with Gasteiger partial charge in [-0.25, -0.2) is 0 Å². The van der Waals surface area contributed by atoms with E-state index in [0.29, 0.717) is 11.1 Å². The van der Waals surface area contributed by atoms with E-state index < -0.39 is 0 Å². The van der Waals surface area contributed by atoms with E-state index >= 15 is 0 Å². The zero-order chi connectivity index (χ0) is 13.8. The molecule has 0 saturated carbocycles. The van der Waals surface area contributed by atoms with E-state index in [4.69, 9.17) is 5.26 Å². The van der Waals surface area contributed by atoms with Gasteiger partial charge in [-0.15, -0.1) is 0 Å². The fraction of sp³-hybridized carbons (Fsp3) is 0.0667. The Hall–Kier alpha value is -2.18. The van der Waals surface area contributed by atoms with Crippen molar-refractivity contribution < 1.29 is 21.2 Å². The first-order valence-corrected chi connectivity index (χ1v) is 6.76. The molecule has 1 amide bonds. The zero-order valence-electron chi connectivity index (χ0n) is 11.9. The molecular weight excluding hydrogens is 345 g/mol. The standard InChI is InChI=1S/C15H11GeN2O.3H2O/c1-18(14-8-6-13(16)7-9-14)15(19)12-4-2-11(10-17)3-5-12;;;/h2-9H,1H3;3*1H2. The van der Waals surface area contributed by atoms with Crippen molar-refractivity contribution >= 4 is 32.5 Å². The Morgan fingerprint density at radius 2 is 1.50 bits per heavy atom. The van der Waals surface area contributed by atoms with Crippen LogP contribution in [0.1, 0.15) is 15.9 Å². The molecule has 115 valence electrons. The molecule has 0 aliphatic rings. The zero-order valence-corrected chi connectivity index (χ0v) is 14.0. The molecular formula is C15H17GeN2O4. The maximum atomic E-state index is 12.3. The summed E-state index contributed by atoms with van der Waals surface area (Å²) in [6, 6.07) is 16.4.